The fourth-order valence-corrected chi connectivity index (χ4v) is 4.46. The molecular weight excluding hydrogens is 785 g/mol. The summed E-state index contributed by atoms with van der Waals surface area (Å²) in [6.45, 7) is 34.4. The highest BCUT2D eigenvalue weighted by atomic mass is 15.6. The van der Waals surface area contributed by atoms with Crippen LogP contribution in [0.25, 0.3) is 0 Å². The van der Waals surface area contributed by atoms with Gasteiger partial charge in [0, 0.05) is 122 Å². The van der Waals surface area contributed by atoms with Crippen LogP contribution in [-0.2, 0) is 21.1 Å². The Hall–Kier alpha value is -7.25. The number of hydrazine groups is 1. The summed E-state index contributed by atoms with van der Waals surface area (Å²) in [5.74, 6) is 7.70. The maximum Gasteiger partial charge on any atom is 0.221 e. The number of nitrogen functional groups attached to an aromatic ring is 1. The van der Waals surface area contributed by atoms with Crippen molar-refractivity contribution in [1.82, 2.24) is 80.1 Å². The molecule has 8 heterocycles. The smallest absolute Gasteiger partial charge is 0.221 e. The zero-order valence-corrected chi connectivity index (χ0v) is 40.0. The van der Waals surface area contributed by atoms with Crippen molar-refractivity contribution >= 4 is 23.3 Å². The van der Waals surface area contributed by atoms with Crippen molar-refractivity contribution in [3.05, 3.63) is 128 Å². The topological polar surface area (TPSA) is 194 Å². The molecule has 0 spiro atoms. The van der Waals surface area contributed by atoms with Gasteiger partial charge in [0.05, 0.1) is 6.33 Å². The maximum atomic E-state index is 5.33. The number of aliphatic imine (C=N–C) groups is 1. The summed E-state index contributed by atoms with van der Waals surface area (Å²) in [6, 6.07) is 0. The first-order valence-corrected chi connectivity index (χ1v) is 19.5. The molecule has 0 unspecified atom stereocenters. The zero-order chi connectivity index (χ0) is 47.4. The van der Waals surface area contributed by atoms with E-state index in [9.17, 15) is 0 Å². The third-order valence-corrected chi connectivity index (χ3v) is 9.27. The predicted molar refractivity (Wildman–Crippen MR) is 255 cm³/mol. The number of nitrogens with one attached hydrogen (secondary N) is 4. The second kappa shape index (κ2) is 25.4. The minimum absolute atomic E-state index is 0.461. The van der Waals surface area contributed by atoms with Crippen LogP contribution in [0.5, 0.6) is 0 Å². The van der Waals surface area contributed by atoms with Gasteiger partial charge < -0.3 is 44.8 Å². The summed E-state index contributed by atoms with van der Waals surface area (Å²) in [5, 5.41) is 25.0. The third kappa shape index (κ3) is 18.3. The summed E-state index contributed by atoms with van der Waals surface area (Å²) in [7, 11) is 15.4. The first-order chi connectivity index (χ1) is 28.8. The lowest BCUT2D eigenvalue weighted by molar-refractivity contribution is 0.395. The SMILES string of the molecule is C=C1CC(C)=NN1C.C=C1N=C(C)NN1C.C=C1NC(C)=CN1C.C=C1NC=C(C)N1C.C=C1NN=C(C)N1C.Cc1cncn1C.Cc1nccn1C.Cc1nnc(N)n1C. The van der Waals surface area contributed by atoms with Crippen molar-refractivity contribution in [2.24, 2.45) is 36.3 Å². The van der Waals surface area contributed by atoms with Crippen LogP contribution >= 0.6 is 0 Å². The number of aromatic nitrogens is 7. The number of nitrogens with zero attached hydrogens (tertiary/aromatic N) is 15. The maximum absolute atomic E-state index is 5.33. The number of rotatable bonds is 0. The number of hydrogen-bond donors (Lipinski definition) is 5. The van der Waals surface area contributed by atoms with Crippen LogP contribution in [0.1, 0.15) is 58.4 Å². The van der Waals surface area contributed by atoms with Crippen molar-refractivity contribution < 1.29 is 0 Å². The summed E-state index contributed by atoms with van der Waals surface area (Å²) in [6.07, 6.45) is 12.2. The molecule has 6 N–H and O–H groups in total. The Morgan fingerprint density at radius 1 is 0.758 bits per heavy atom. The Kier molecular flexibility index (Phi) is 21.6. The molecule has 62 heavy (non-hydrogen) atoms. The van der Waals surface area contributed by atoms with Gasteiger partial charge in [-0.05, 0) is 55.4 Å². The molecule has 8 rings (SSSR count). The van der Waals surface area contributed by atoms with Crippen molar-refractivity contribution in [3.63, 3.8) is 0 Å². The van der Waals surface area contributed by atoms with Gasteiger partial charge in [0.15, 0.2) is 0 Å². The highest BCUT2D eigenvalue weighted by Crippen LogP contribution is 2.13. The summed E-state index contributed by atoms with van der Waals surface area (Å²) < 4.78 is 5.67. The van der Waals surface area contributed by atoms with E-state index in [-0.39, 0.29) is 0 Å². The Morgan fingerprint density at radius 3 is 1.53 bits per heavy atom. The molecule has 0 aliphatic carbocycles. The van der Waals surface area contributed by atoms with E-state index in [1.54, 1.807) is 22.1 Å². The van der Waals surface area contributed by atoms with Gasteiger partial charge in [-0.25, -0.2) is 15.0 Å². The minimum Gasteiger partial charge on any atom is -0.368 e. The van der Waals surface area contributed by atoms with Crippen LogP contribution in [0, 0.1) is 20.8 Å². The number of allylic oxidation sites excluding steroid dienone is 3. The Balaban J connectivity index is 0.000000354. The highest BCUT2D eigenvalue weighted by Gasteiger charge is 2.11. The second-order valence-electron chi connectivity index (χ2n) is 14.5. The third-order valence-electron chi connectivity index (χ3n) is 9.27. The van der Waals surface area contributed by atoms with Crippen molar-refractivity contribution in [1.29, 1.82) is 0 Å². The number of imidazole rings is 2. The van der Waals surface area contributed by atoms with E-state index in [1.807, 2.05) is 165 Å². The van der Waals surface area contributed by atoms with Gasteiger partial charge in [-0.15, -0.1) is 10.2 Å². The molecule has 5 aliphatic rings. The number of hydrogen-bond acceptors (Lipinski definition) is 17. The first kappa shape index (κ1) is 52.8. The quantitative estimate of drug-likeness (QED) is 0.208. The molecule has 0 fully saturated rings. The second-order valence-corrected chi connectivity index (χ2v) is 14.5. The Labute approximate surface area is 369 Å². The van der Waals surface area contributed by atoms with Gasteiger partial charge in [-0.3, -0.25) is 20.9 Å². The van der Waals surface area contributed by atoms with Gasteiger partial charge in [0.25, 0.3) is 0 Å². The molecule has 3 aromatic rings. The average molecular weight is 857 g/mol. The minimum atomic E-state index is 0.461. The Morgan fingerprint density at radius 2 is 1.40 bits per heavy atom. The van der Waals surface area contributed by atoms with Crippen LogP contribution in [0.4, 0.5) is 5.95 Å². The van der Waals surface area contributed by atoms with E-state index in [4.69, 9.17) is 5.73 Å². The van der Waals surface area contributed by atoms with Crippen LogP contribution in [0.15, 0.2) is 126 Å². The van der Waals surface area contributed by atoms with Gasteiger partial charge in [0.1, 0.15) is 46.6 Å². The van der Waals surface area contributed by atoms with E-state index in [1.165, 1.54) is 11.4 Å². The molecule has 0 radical (unpaired) electrons. The molecule has 0 bridgehead atoms. The highest BCUT2D eigenvalue weighted by molar-refractivity contribution is 5.85. The van der Waals surface area contributed by atoms with Gasteiger partial charge in [0.2, 0.25) is 5.95 Å². The normalized spacial score (nSPS) is 15.5. The summed E-state index contributed by atoms with van der Waals surface area (Å²) >= 11 is 0. The number of amidine groups is 2. The fraction of sp³-hybridized carbons (Fsp3) is 0.405. The molecule has 20 nitrogen and oxygen atoms in total. The monoisotopic (exact) mass is 857 g/mol. The van der Waals surface area contributed by atoms with Gasteiger partial charge >= 0.3 is 0 Å². The van der Waals surface area contributed by atoms with E-state index in [0.717, 1.165) is 70.1 Å². The average Bonchev–Trinajstić information content (AvgIpc) is 4.11. The first-order valence-electron chi connectivity index (χ1n) is 19.5. The largest absolute Gasteiger partial charge is 0.368 e. The van der Waals surface area contributed by atoms with E-state index in [2.05, 4.69) is 89.7 Å². The number of nitrogens with two attached hydrogens (primary N) is 1. The summed E-state index contributed by atoms with van der Waals surface area (Å²) in [5.41, 5.74) is 16.8. The number of anilines is 1. The van der Waals surface area contributed by atoms with Gasteiger partial charge in [-0.2, -0.15) is 10.2 Å². The lowest BCUT2D eigenvalue weighted by atomic mass is 10.3. The molecule has 0 atom stereocenters. The molecule has 3 aromatic heterocycles. The molecule has 0 amide bonds. The number of aryl methyl sites for hydroxylation is 5. The summed E-state index contributed by atoms with van der Waals surface area (Å²) in [4.78, 5) is 17.7. The zero-order valence-electron chi connectivity index (χ0n) is 40.0. The molecule has 20 heteroatoms. The molecule has 340 valence electrons. The Bertz CT molecular complexity index is 1970. The van der Waals surface area contributed by atoms with Crippen molar-refractivity contribution in [2.45, 2.75) is 61.8 Å². The lowest BCUT2D eigenvalue weighted by Gasteiger charge is -2.11. The molecule has 0 saturated carbocycles. The van der Waals surface area contributed by atoms with Crippen molar-refractivity contribution in [2.75, 3.05) is 41.0 Å². The molecule has 0 aromatic carbocycles. The van der Waals surface area contributed by atoms with E-state index in [0.29, 0.717) is 5.95 Å². The van der Waals surface area contributed by atoms with Gasteiger partial charge in [-0.1, -0.05) is 32.9 Å². The molecule has 5 aliphatic heterocycles. The van der Waals surface area contributed by atoms with E-state index < -0.39 is 0 Å². The van der Waals surface area contributed by atoms with Crippen molar-refractivity contribution in [3.8, 4) is 0 Å². The van der Waals surface area contributed by atoms with Crippen LogP contribution in [0.2, 0.25) is 0 Å². The van der Waals surface area contributed by atoms with Crippen LogP contribution in [-0.4, -0.2) is 111 Å². The predicted octanol–water partition coefficient (Wildman–Crippen LogP) is 4.73. The van der Waals surface area contributed by atoms with Crippen LogP contribution in [0.3, 0.4) is 0 Å². The standard InChI is InChI=1S/3C6H10N2.2C5H9N3.2C5H8N2.C4H8N4/c1-5-4-8(3)6(2)7-5;1-5-4-7-6(2)8(5)3;1-5-4-6(2)8(3)7-5;1-4-6-7-5(2)8(4)3;1-4-6-5(2)8(3)7-4;1-5-3-6-4-7(5)2;1-5-6-3-4-7(5)2;1-3-6-7-4(5)8(3)2/h2*4,7H,2H2,1,3H3;2,4H2,1,3H3;6H,1H2,2-3H3;2H2,1,3H3,(H,6,7);2*3-4H,1-2H3;1-2H3,(H2,5,7). The molecular formula is C42H72N20. The lowest BCUT2D eigenvalue weighted by Crippen LogP contribution is -2.29. The number of hydrazone groups is 2. The fourth-order valence-electron chi connectivity index (χ4n) is 4.46. The van der Waals surface area contributed by atoms with Crippen LogP contribution < -0.4 is 27.2 Å². The molecule has 0 saturated heterocycles. The van der Waals surface area contributed by atoms with E-state index >= 15 is 0 Å².